The van der Waals surface area contributed by atoms with Gasteiger partial charge in [0.15, 0.2) is 5.82 Å². The van der Waals surface area contributed by atoms with Crippen LogP contribution in [0.4, 0.5) is 6.01 Å². The zero-order valence-electron chi connectivity index (χ0n) is 13.3. The van der Waals surface area contributed by atoms with E-state index in [1.54, 1.807) is 10.7 Å². The van der Waals surface area contributed by atoms with Gasteiger partial charge in [-0.15, -0.1) is 0 Å². The molecule has 0 spiro atoms. The SMILES string of the molecule is Cc1noc(N2CCC(Cn3nc(C4CC4)ccc3=O)CC2)n1. The molecule has 0 N–H and O–H groups in total. The van der Waals surface area contributed by atoms with Crippen LogP contribution in [0.15, 0.2) is 21.5 Å². The van der Waals surface area contributed by atoms with Crippen LogP contribution in [0.3, 0.4) is 0 Å². The molecule has 7 nitrogen and oxygen atoms in total. The molecule has 0 bridgehead atoms. The molecule has 0 amide bonds. The molecule has 122 valence electrons. The highest BCUT2D eigenvalue weighted by molar-refractivity contribution is 5.25. The summed E-state index contributed by atoms with van der Waals surface area (Å²) in [5.41, 5.74) is 1.08. The predicted molar refractivity (Wildman–Crippen MR) is 84.4 cm³/mol. The van der Waals surface area contributed by atoms with Crippen molar-refractivity contribution in [2.24, 2.45) is 5.92 Å². The van der Waals surface area contributed by atoms with Crippen molar-refractivity contribution in [3.8, 4) is 0 Å². The van der Waals surface area contributed by atoms with Gasteiger partial charge < -0.3 is 9.42 Å². The lowest BCUT2D eigenvalue weighted by atomic mass is 9.97. The van der Waals surface area contributed by atoms with Crippen molar-refractivity contribution in [1.82, 2.24) is 19.9 Å². The van der Waals surface area contributed by atoms with E-state index in [0.29, 0.717) is 30.2 Å². The Morgan fingerprint density at radius 2 is 2.00 bits per heavy atom. The molecule has 1 saturated carbocycles. The second-order valence-corrected chi connectivity index (χ2v) is 6.61. The van der Waals surface area contributed by atoms with Crippen molar-refractivity contribution in [3.05, 3.63) is 34.0 Å². The Bertz CT molecular complexity index is 741. The van der Waals surface area contributed by atoms with Crippen molar-refractivity contribution in [3.63, 3.8) is 0 Å². The Morgan fingerprint density at radius 1 is 1.22 bits per heavy atom. The summed E-state index contributed by atoms with van der Waals surface area (Å²) in [5.74, 6) is 1.70. The maximum absolute atomic E-state index is 12.0. The van der Waals surface area contributed by atoms with Gasteiger partial charge in [0, 0.05) is 31.6 Å². The standard InChI is InChI=1S/C16H21N5O2/c1-11-17-16(23-19-11)20-8-6-12(7-9-20)10-21-15(22)5-4-14(18-21)13-2-3-13/h4-5,12-13H,2-3,6-10H2,1H3. The van der Waals surface area contributed by atoms with E-state index in [0.717, 1.165) is 31.6 Å². The van der Waals surface area contributed by atoms with Crippen LogP contribution in [-0.4, -0.2) is 33.0 Å². The van der Waals surface area contributed by atoms with E-state index in [4.69, 9.17) is 4.52 Å². The van der Waals surface area contributed by atoms with Gasteiger partial charge in [0.2, 0.25) is 0 Å². The fraction of sp³-hybridized carbons (Fsp3) is 0.625. The van der Waals surface area contributed by atoms with Crippen LogP contribution in [0.25, 0.3) is 0 Å². The van der Waals surface area contributed by atoms with Crippen molar-refractivity contribution in [2.75, 3.05) is 18.0 Å². The summed E-state index contributed by atoms with van der Waals surface area (Å²) in [5, 5.41) is 8.40. The third-order valence-electron chi connectivity index (χ3n) is 4.72. The summed E-state index contributed by atoms with van der Waals surface area (Å²) in [4.78, 5) is 18.4. The van der Waals surface area contributed by atoms with Crippen LogP contribution in [0.2, 0.25) is 0 Å². The van der Waals surface area contributed by atoms with Crippen molar-refractivity contribution >= 4 is 6.01 Å². The maximum Gasteiger partial charge on any atom is 0.324 e. The highest BCUT2D eigenvalue weighted by Gasteiger charge is 2.27. The molecular weight excluding hydrogens is 294 g/mol. The van der Waals surface area contributed by atoms with E-state index in [1.807, 2.05) is 13.0 Å². The zero-order valence-corrected chi connectivity index (χ0v) is 13.3. The lowest BCUT2D eigenvalue weighted by Gasteiger charge is -2.30. The van der Waals surface area contributed by atoms with Gasteiger partial charge >= 0.3 is 6.01 Å². The van der Waals surface area contributed by atoms with Crippen molar-refractivity contribution in [1.29, 1.82) is 0 Å². The molecular formula is C16H21N5O2. The number of hydrogen-bond acceptors (Lipinski definition) is 6. The highest BCUT2D eigenvalue weighted by atomic mass is 16.5. The number of aromatic nitrogens is 4. The van der Waals surface area contributed by atoms with E-state index in [2.05, 4.69) is 20.1 Å². The largest absolute Gasteiger partial charge is 0.324 e. The van der Waals surface area contributed by atoms with Gasteiger partial charge in [-0.25, -0.2) is 4.68 Å². The molecule has 2 aromatic rings. The lowest BCUT2D eigenvalue weighted by Crippen LogP contribution is -2.37. The van der Waals surface area contributed by atoms with Crippen LogP contribution >= 0.6 is 0 Å². The lowest BCUT2D eigenvalue weighted by molar-refractivity contribution is 0.318. The third kappa shape index (κ3) is 3.13. The molecule has 7 heteroatoms. The van der Waals surface area contributed by atoms with Gasteiger partial charge in [0.05, 0.1) is 5.69 Å². The fourth-order valence-electron chi connectivity index (χ4n) is 3.16. The van der Waals surface area contributed by atoms with Gasteiger partial charge in [-0.05, 0) is 44.6 Å². The monoisotopic (exact) mass is 315 g/mol. The third-order valence-corrected chi connectivity index (χ3v) is 4.72. The van der Waals surface area contributed by atoms with Crippen molar-refractivity contribution in [2.45, 2.75) is 45.1 Å². The number of piperidine rings is 1. The topological polar surface area (TPSA) is 77.0 Å². The van der Waals surface area contributed by atoms with Gasteiger partial charge in [0.25, 0.3) is 5.56 Å². The molecule has 2 aromatic heterocycles. The summed E-state index contributed by atoms with van der Waals surface area (Å²) in [6.45, 7) is 4.29. The molecule has 1 aliphatic carbocycles. The Morgan fingerprint density at radius 3 is 2.65 bits per heavy atom. The summed E-state index contributed by atoms with van der Waals surface area (Å²) >= 11 is 0. The summed E-state index contributed by atoms with van der Waals surface area (Å²) in [7, 11) is 0. The molecule has 0 unspecified atom stereocenters. The Kier molecular flexibility index (Phi) is 3.63. The molecule has 0 atom stereocenters. The molecule has 3 heterocycles. The zero-order chi connectivity index (χ0) is 15.8. The Balaban J connectivity index is 1.39. The van der Waals surface area contributed by atoms with Crippen LogP contribution < -0.4 is 10.5 Å². The fourth-order valence-corrected chi connectivity index (χ4v) is 3.16. The van der Waals surface area contributed by atoms with Crippen LogP contribution in [0.1, 0.15) is 43.1 Å². The van der Waals surface area contributed by atoms with E-state index in [1.165, 1.54) is 12.8 Å². The molecule has 2 aliphatic rings. The first-order valence-electron chi connectivity index (χ1n) is 8.32. The summed E-state index contributed by atoms with van der Waals surface area (Å²) in [6.07, 6.45) is 4.41. The molecule has 4 rings (SSSR count). The smallest absolute Gasteiger partial charge is 0.324 e. The Hall–Kier alpha value is -2.18. The van der Waals surface area contributed by atoms with Crippen molar-refractivity contribution < 1.29 is 4.52 Å². The normalized spacial score (nSPS) is 19.3. The van der Waals surface area contributed by atoms with Gasteiger partial charge in [-0.1, -0.05) is 5.16 Å². The van der Waals surface area contributed by atoms with Crippen LogP contribution in [0.5, 0.6) is 0 Å². The number of aryl methyl sites for hydroxylation is 1. The number of hydrogen-bond donors (Lipinski definition) is 0. The summed E-state index contributed by atoms with van der Waals surface area (Å²) in [6, 6.07) is 4.15. The minimum atomic E-state index is 0.00403. The average molecular weight is 315 g/mol. The Labute approximate surface area is 134 Å². The maximum atomic E-state index is 12.0. The number of rotatable bonds is 4. The molecule has 0 aromatic carbocycles. The second-order valence-electron chi connectivity index (χ2n) is 6.61. The van der Waals surface area contributed by atoms with Crippen LogP contribution in [0, 0.1) is 12.8 Å². The second kappa shape index (κ2) is 5.79. The number of nitrogens with zero attached hydrogens (tertiary/aromatic N) is 5. The summed E-state index contributed by atoms with van der Waals surface area (Å²) < 4.78 is 6.88. The van der Waals surface area contributed by atoms with Gasteiger partial charge in [-0.2, -0.15) is 10.1 Å². The number of anilines is 1. The first-order valence-corrected chi connectivity index (χ1v) is 8.32. The average Bonchev–Trinajstić information content (AvgIpc) is 3.32. The molecule has 23 heavy (non-hydrogen) atoms. The van der Waals surface area contributed by atoms with E-state index in [9.17, 15) is 4.79 Å². The van der Waals surface area contributed by atoms with E-state index < -0.39 is 0 Å². The van der Waals surface area contributed by atoms with Gasteiger partial charge in [-0.3, -0.25) is 4.79 Å². The molecule has 2 fully saturated rings. The van der Waals surface area contributed by atoms with Gasteiger partial charge in [0.1, 0.15) is 0 Å². The minimum Gasteiger partial charge on any atom is -0.324 e. The molecule has 1 saturated heterocycles. The first-order chi connectivity index (χ1) is 11.2. The molecule has 0 radical (unpaired) electrons. The molecule has 1 aliphatic heterocycles. The highest BCUT2D eigenvalue weighted by Crippen LogP contribution is 2.38. The predicted octanol–water partition coefficient (Wildman–Crippen LogP) is 1.73. The minimum absolute atomic E-state index is 0.00403. The van der Waals surface area contributed by atoms with E-state index >= 15 is 0 Å². The quantitative estimate of drug-likeness (QED) is 0.855. The first kappa shape index (κ1) is 14.4. The van der Waals surface area contributed by atoms with Crippen LogP contribution in [-0.2, 0) is 6.54 Å². The van der Waals surface area contributed by atoms with E-state index in [-0.39, 0.29) is 5.56 Å².